The second kappa shape index (κ2) is 42.6. The SMILES string of the molecule is CCCCCC/C=C\CCCCCCCC(=O)OC[C@@H](COC(=O)CCCCCCCCCCC)OC(=O)CCCCCCC/C=C\CCCCCC. The van der Waals surface area contributed by atoms with Crippen LogP contribution in [0.15, 0.2) is 24.3 Å². The molecule has 0 rings (SSSR count). The van der Waals surface area contributed by atoms with E-state index in [2.05, 4.69) is 45.1 Å². The summed E-state index contributed by atoms with van der Waals surface area (Å²) < 4.78 is 16.7. The van der Waals surface area contributed by atoms with Crippen molar-refractivity contribution < 1.29 is 28.6 Å². The Morgan fingerprint density at radius 1 is 0.358 bits per heavy atom. The molecule has 0 aromatic carbocycles. The number of hydrogen-bond acceptors (Lipinski definition) is 6. The van der Waals surface area contributed by atoms with E-state index in [9.17, 15) is 14.4 Å². The van der Waals surface area contributed by atoms with Crippen LogP contribution >= 0.6 is 0 Å². The van der Waals surface area contributed by atoms with Crippen LogP contribution in [0.2, 0.25) is 0 Å². The number of ether oxygens (including phenoxy) is 3. The maximum atomic E-state index is 12.7. The highest BCUT2D eigenvalue weighted by Gasteiger charge is 2.19. The summed E-state index contributed by atoms with van der Waals surface area (Å²) >= 11 is 0. The van der Waals surface area contributed by atoms with Crippen molar-refractivity contribution in [2.45, 2.75) is 245 Å². The van der Waals surface area contributed by atoms with E-state index in [0.717, 1.165) is 70.6 Å². The van der Waals surface area contributed by atoms with E-state index in [1.54, 1.807) is 0 Å². The largest absolute Gasteiger partial charge is 0.462 e. The number of esters is 3. The van der Waals surface area contributed by atoms with Gasteiger partial charge in [-0.15, -0.1) is 0 Å². The molecule has 6 heteroatoms. The van der Waals surface area contributed by atoms with E-state index in [-0.39, 0.29) is 31.1 Å². The molecule has 6 nitrogen and oxygen atoms in total. The predicted molar refractivity (Wildman–Crippen MR) is 224 cm³/mol. The van der Waals surface area contributed by atoms with Crippen LogP contribution < -0.4 is 0 Å². The van der Waals surface area contributed by atoms with Crippen molar-refractivity contribution in [3.05, 3.63) is 24.3 Å². The molecule has 0 saturated carbocycles. The first-order valence-electron chi connectivity index (χ1n) is 22.8. The summed E-state index contributed by atoms with van der Waals surface area (Å²) in [4.78, 5) is 37.6. The van der Waals surface area contributed by atoms with E-state index in [1.807, 2.05) is 0 Å². The van der Waals surface area contributed by atoms with Gasteiger partial charge in [0.25, 0.3) is 0 Å². The van der Waals surface area contributed by atoms with Gasteiger partial charge in [0.15, 0.2) is 6.10 Å². The van der Waals surface area contributed by atoms with Crippen molar-refractivity contribution in [2.75, 3.05) is 13.2 Å². The molecule has 0 saturated heterocycles. The molecule has 0 spiro atoms. The Kier molecular flexibility index (Phi) is 40.9. The Morgan fingerprint density at radius 3 is 0.962 bits per heavy atom. The molecule has 0 fully saturated rings. The van der Waals surface area contributed by atoms with Gasteiger partial charge in [-0.2, -0.15) is 0 Å². The Labute approximate surface area is 328 Å². The van der Waals surface area contributed by atoms with Gasteiger partial charge in [-0.25, -0.2) is 0 Å². The van der Waals surface area contributed by atoms with Gasteiger partial charge in [0.2, 0.25) is 0 Å². The Hall–Kier alpha value is -2.11. The van der Waals surface area contributed by atoms with Crippen molar-refractivity contribution in [2.24, 2.45) is 0 Å². The maximum Gasteiger partial charge on any atom is 0.306 e. The molecule has 0 aliphatic carbocycles. The summed E-state index contributed by atoms with van der Waals surface area (Å²) in [5.41, 5.74) is 0. The first kappa shape index (κ1) is 50.9. The van der Waals surface area contributed by atoms with Crippen LogP contribution in [0.3, 0.4) is 0 Å². The van der Waals surface area contributed by atoms with Crippen LogP contribution in [0.5, 0.6) is 0 Å². The molecule has 0 unspecified atom stereocenters. The smallest absolute Gasteiger partial charge is 0.306 e. The van der Waals surface area contributed by atoms with Crippen LogP contribution in [-0.2, 0) is 28.6 Å². The minimum atomic E-state index is -0.771. The fourth-order valence-corrected chi connectivity index (χ4v) is 6.43. The number of carbonyl (C=O) groups is 3. The van der Waals surface area contributed by atoms with Crippen LogP contribution in [-0.4, -0.2) is 37.2 Å². The molecule has 0 bridgehead atoms. The zero-order valence-electron chi connectivity index (χ0n) is 35.3. The summed E-state index contributed by atoms with van der Waals surface area (Å²) in [6.45, 7) is 6.57. The van der Waals surface area contributed by atoms with Crippen LogP contribution in [0.25, 0.3) is 0 Å². The van der Waals surface area contributed by atoms with E-state index in [1.165, 1.54) is 128 Å². The molecule has 0 aliphatic rings. The van der Waals surface area contributed by atoms with Gasteiger partial charge in [0.1, 0.15) is 13.2 Å². The van der Waals surface area contributed by atoms with Crippen molar-refractivity contribution >= 4 is 17.9 Å². The lowest BCUT2D eigenvalue weighted by Crippen LogP contribution is -2.30. The number of rotatable bonds is 41. The molecular weight excluding hydrogens is 661 g/mol. The van der Waals surface area contributed by atoms with Crippen molar-refractivity contribution in [1.82, 2.24) is 0 Å². The first-order chi connectivity index (χ1) is 26.0. The average molecular weight is 747 g/mol. The van der Waals surface area contributed by atoms with Gasteiger partial charge >= 0.3 is 17.9 Å². The third-order valence-electron chi connectivity index (χ3n) is 9.93. The molecule has 1 atom stereocenters. The minimum Gasteiger partial charge on any atom is -0.462 e. The molecule has 0 aromatic heterocycles. The standard InChI is InChI=1S/C47H86O6/c1-4-7-10-13-16-19-21-23-25-28-31-34-37-40-46(49)52-43-44(42-51-45(48)39-36-33-30-27-18-15-12-9-6-3)53-47(50)41-38-35-32-29-26-24-22-20-17-14-11-8-5-2/h19-22,44H,4-18,23-43H2,1-3H3/b21-19-,22-20-/t44-/m1/s1. The second-order valence-corrected chi connectivity index (χ2v) is 15.3. The van der Waals surface area contributed by atoms with Gasteiger partial charge in [-0.1, -0.05) is 173 Å². The average Bonchev–Trinajstić information content (AvgIpc) is 3.15. The van der Waals surface area contributed by atoms with Gasteiger partial charge < -0.3 is 14.2 Å². The quantitative estimate of drug-likeness (QED) is 0.0268. The summed E-state index contributed by atoms with van der Waals surface area (Å²) in [6, 6.07) is 0. The van der Waals surface area contributed by atoms with Gasteiger partial charge in [0.05, 0.1) is 0 Å². The van der Waals surface area contributed by atoms with E-state index in [0.29, 0.717) is 19.3 Å². The molecule has 0 amide bonds. The van der Waals surface area contributed by atoms with Crippen LogP contribution in [0.1, 0.15) is 239 Å². The summed E-state index contributed by atoms with van der Waals surface area (Å²) in [5.74, 6) is -0.892. The third kappa shape index (κ3) is 40.9. The van der Waals surface area contributed by atoms with Crippen molar-refractivity contribution in [3.8, 4) is 0 Å². The Bertz CT molecular complexity index is 865. The van der Waals surface area contributed by atoms with Gasteiger partial charge in [-0.3, -0.25) is 14.4 Å². The summed E-state index contributed by atoms with van der Waals surface area (Å²) in [7, 11) is 0. The molecule has 0 aromatic rings. The Morgan fingerprint density at radius 2 is 0.623 bits per heavy atom. The third-order valence-corrected chi connectivity index (χ3v) is 9.93. The van der Waals surface area contributed by atoms with Crippen molar-refractivity contribution in [3.63, 3.8) is 0 Å². The number of allylic oxidation sites excluding steroid dienone is 4. The number of carbonyl (C=O) groups excluding carboxylic acids is 3. The lowest BCUT2D eigenvalue weighted by atomic mass is 10.1. The minimum absolute atomic E-state index is 0.0748. The lowest BCUT2D eigenvalue weighted by Gasteiger charge is -2.18. The fourth-order valence-electron chi connectivity index (χ4n) is 6.43. The molecule has 0 heterocycles. The number of hydrogen-bond donors (Lipinski definition) is 0. The molecule has 0 radical (unpaired) electrons. The summed E-state index contributed by atoms with van der Waals surface area (Å²) in [6.07, 6.45) is 45.8. The topological polar surface area (TPSA) is 78.9 Å². The molecule has 0 aliphatic heterocycles. The zero-order valence-corrected chi connectivity index (χ0v) is 35.3. The van der Waals surface area contributed by atoms with E-state index in [4.69, 9.17) is 14.2 Å². The summed E-state index contributed by atoms with van der Waals surface area (Å²) in [5, 5.41) is 0. The highest BCUT2D eigenvalue weighted by Crippen LogP contribution is 2.14. The van der Waals surface area contributed by atoms with Crippen LogP contribution in [0.4, 0.5) is 0 Å². The van der Waals surface area contributed by atoms with Gasteiger partial charge in [-0.05, 0) is 70.6 Å². The highest BCUT2D eigenvalue weighted by molar-refractivity contribution is 5.71. The molecule has 0 N–H and O–H groups in total. The molecular formula is C47H86O6. The van der Waals surface area contributed by atoms with E-state index < -0.39 is 6.10 Å². The fraction of sp³-hybridized carbons (Fsp3) is 0.851. The second-order valence-electron chi connectivity index (χ2n) is 15.3. The first-order valence-corrected chi connectivity index (χ1v) is 22.8. The van der Waals surface area contributed by atoms with Gasteiger partial charge in [0, 0.05) is 19.3 Å². The number of unbranched alkanes of at least 4 members (excludes halogenated alkanes) is 26. The van der Waals surface area contributed by atoms with E-state index >= 15 is 0 Å². The van der Waals surface area contributed by atoms with Crippen LogP contribution in [0, 0.1) is 0 Å². The zero-order chi connectivity index (χ0) is 38.7. The predicted octanol–water partition coefficient (Wildman–Crippen LogP) is 14.4. The maximum absolute atomic E-state index is 12.7. The molecule has 53 heavy (non-hydrogen) atoms. The normalized spacial score (nSPS) is 12.1. The monoisotopic (exact) mass is 747 g/mol. The van der Waals surface area contributed by atoms with Crippen molar-refractivity contribution in [1.29, 1.82) is 0 Å². The Balaban J connectivity index is 4.37. The lowest BCUT2D eigenvalue weighted by molar-refractivity contribution is -0.167. The molecule has 310 valence electrons. The highest BCUT2D eigenvalue weighted by atomic mass is 16.6.